The second-order valence-electron chi connectivity index (χ2n) is 3.48. The Morgan fingerprint density at radius 3 is 2.87 bits per heavy atom. The number of thioether (sulfide) groups is 1. The van der Waals surface area contributed by atoms with Gasteiger partial charge >= 0.3 is 0 Å². The minimum atomic E-state index is -0.395. The van der Waals surface area contributed by atoms with Gasteiger partial charge in [-0.25, -0.2) is 0 Å². The Labute approximate surface area is 93.0 Å². The summed E-state index contributed by atoms with van der Waals surface area (Å²) in [6, 6.07) is 0. The predicted octanol–water partition coefficient (Wildman–Crippen LogP) is -0.954. The number of carbonyl (C=O) groups is 2. The number of hydrogen-bond donors (Lipinski definition) is 2. The van der Waals surface area contributed by atoms with Crippen molar-refractivity contribution in [3.63, 3.8) is 0 Å². The van der Waals surface area contributed by atoms with Crippen molar-refractivity contribution in [2.45, 2.75) is 6.42 Å². The van der Waals surface area contributed by atoms with Gasteiger partial charge in [0, 0.05) is 31.0 Å². The molecular weight excluding hydrogens is 216 g/mol. The zero-order chi connectivity index (χ0) is 11.3. The normalized spacial score (nSPS) is 21.0. The first-order chi connectivity index (χ1) is 7.15. The number of likely N-dealkylation sites (tertiary alicyclic amines) is 1. The molecule has 0 aromatic heterocycles. The smallest absolute Gasteiger partial charge is 0.223 e. The maximum Gasteiger partial charge on any atom is 0.223 e. The van der Waals surface area contributed by atoms with E-state index >= 15 is 0 Å². The van der Waals surface area contributed by atoms with Crippen LogP contribution < -0.4 is 5.73 Å². The van der Waals surface area contributed by atoms with Gasteiger partial charge in [-0.2, -0.15) is 11.8 Å². The van der Waals surface area contributed by atoms with Crippen LogP contribution in [0.5, 0.6) is 0 Å². The van der Waals surface area contributed by atoms with Gasteiger partial charge < -0.3 is 15.7 Å². The average molecular weight is 232 g/mol. The quantitative estimate of drug-likeness (QED) is 0.578. The van der Waals surface area contributed by atoms with E-state index in [2.05, 4.69) is 0 Å². The highest BCUT2D eigenvalue weighted by molar-refractivity contribution is 7.99. The fourth-order valence-electron chi connectivity index (χ4n) is 1.52. The first kappa shape index (κ1) is 12.3. The fraction of sp³-hybridized carbons (Fsp3) is 0.778. The van der Waals surface area contributed by atoms with Crippen LogP contribution in [0.4, 0.5) is 0 Å². The number of amides is 2. The van der Waals surface area contributed by atoms with Crippen molar-refractivity contribution in [2.24, 2.45) is 11.7 Å². The van der Waals surface area contributed by atoms with Gasteiger partial charge in [0.1, 0.15) is 0 Å². The van der Waals surface area contributed by atoms with Crippen LogP contribution >= 0.6 is 11.8 Å². The average Bonchev–Trinajstić information content (AvgIpc) is 2.55. The molecule has 1 heterocycles. The van der Waals surface area contributed by atoms with Crippen molar-refractivity contribution < 1.29 is 14.7 Å². The Balaban J connectivity index is 2.25. The molecule has 2 amide bonds. The van der Waals surface area contributed by atoms with E-state index in [9.17, 15) is 9.59 Å². The number of nitrogens with zero attached hydrogens (tertiary/aromatic N) is 1. The summed E-state index contributed by atoms with van der Waals surface area (Å²) in [6.45, 7) is 1.24. The van der Waals surface area contributed by atoms with Crippen LogP contribution in [0.15, 0.2) is 0 Å². The molecule has 0 saturated carbocycles. The Kier molecular flexibility index (Phi) is 4.90. The highest BCUT2D eigenvalue weighted by Crippen LogP contribution is 2.17. The van der Waals surface area contributed by atoms with E-state index in [0.717, 1.165) is 5.75 Å². The summed E-state index contributed by atoms with van der Waals surface area (Å²) < 4.78 is 0. The van der Waals surface area contributed by atoms with Crippen LogP contribution in [0.3, 0.4) is 0 Å². The molecule has 3 N–H and O–H groups in total. The molecule has 1 aliphatic rings. The fourth-order valence-corrected chi connectivity index (χ4v) is 2.20. The number of primary amides is 1. The molecule has 0 radical (unpaired) electrons. The molecule has 1 saturated heterocycles. The third-order valence-electron chi connectivity index (χ3n) is 2.36. The summed E-state index contributed by atoms with van der Waals surface area (Å²) in [4.78, 5) is 24.0. The molecule has 5 nitrogen and oxygen atoms in total. The molecule has 0 aromatic rings. The summed E-state index contributed by atoms with van der Waals surface area (Å²) >= 11 is 1.59. The van der Waals surface area contributed by atoms with E-state index < -0.39 is 5.91 Å². The predicted molar refractivity (Wildman–Crippen MR) is 58.3 cm³/mol. The van der Waals surface area contributed by atoms with Crippen LogP contribution in [0.25, 0.3) is 0 Å². The van der Waals surface area contributed by atoms with E-state index in [1.54, 1.807) is 16.7 Å². The van der Waals surface area contributed by atoms with Crippen molar-refractivity contribution >= 4 is 23.6 Å². The second kappa shape index (κ2) is 5.97. The molecule has 0 spiro atoms. The number of carbonyl (C=O) groups excluding carboxylic acids is 2. The molecule has 15 heavy (non-hydrogen) atoms. The molecule has 1 rings (SSSR count). The van der Waals surface area contributed by atoms with Crippen LogP contribution in [0, 0.1) is 5.92 Å². The van der Waals surface area contributed by atoms with Crippen molar-refractivity contribution in [2.75, 3.05) is 31.2 Å². The summed E-state index contributed by atoms with van der Waals surface area (Å²) in [6.07, 6.45) is 0.250. The Morgan fingerprint density at radius 2 is 2.33 bits per heavy atom. The molecule has 0 bridgehead atoms. The molecule has 0 aromatic carbocycles. The van der Waals surface area contributed by atoms with Crippen molar-refractivity contribution in [1.82, 2.24) is 4.90 Å². The van der Waals surface area contributed by atoms with Crippen molar-refractivity contribution in [3.05, 3.63) is 0 Å². The minimum absolute atomic E-state index is 0.00315. The van der Waals surface area contributed by atoms with Gasteiger partial charge in [-0.1, -0.05) is 0 Å². The minimum Gasteiger partial charge on any atom is -0.396 e. The second-order valence-corrected chi connectivity index (χ2v) is 4.70. The monoisotopic (exact) mass is 232 g/mol. The Hall–Kier alpha value is -0.750. The van der Waals surface area contributed by atoms with Crippen LogP contribution in [-0.4, -0.2) is 53.0 Å². The van der Waals surface area contributed by atoms with Crippen molar-refractivity contribution in [1.29, 1.82) is 0 Å². The molecule has 1 unspecified atom stereocenters. The van der Waals surface area contributed by atoms with E-state index in [0.29, 0.717) is 18.8 Å². The first-order valence-corrected chi connectivity index (χ1v) is 6.06. The third-order valence-corrected chi connectivity index (χ3v) is 3.30. The summed E-state index contributed by atoms with van der Waals surface area (Å²) in [5.41, 5.74) is 5.14. The zero-order valence-electron chi connectivity index (χ0n) is 8.52. The molecule has 86 valence electrons. The van der Waals surface area contributed by atoms with Crippen LogP contribution in [0.1, 0.15) is 6.42 Å². The number of rotatable bonds is 6. The van der Waals surface area contributed by atoms with E-state index in [4.69, 9.17) is 10.8 Å². The maximum atomic E-state index is 11.4. The van der Waals surface area contributed by atoms with Gasteiger partial charge in [-0.3, -0.25) is 9.59 Å². The topological polar surface area (TPSA) is 83.6 Å². The van der Waals surface area contributed by atoms with Crippen LogP contribution in [0.2, 0.25) is 0 Å². The lowest BCUT2D eigenvalue weighted by molar-refractivity contribution is -0.128. The number of nitrogens with two attached hydrogens (primary N) is 1. The largest absolute Gasteiger partial charge is 0.396 e. The lowest BCUT2D eigenvalue weighted by atomic mass is 10.1. The summed E-state index contributed by atoms with van der Waals surface area (Å²) in [5.74, 6) is 0.761. The molecular formula is C9H16N2O3S. The van der Waals surface area contributed by atoms with Gasteiger partial charge in [0.05, 0.1) is 12.5 Å². The highest BCUT2D eigenvalue weighted by atomic mass is 32.2. The summed E-state index contributed by atoms with van der Waals surface area (Å²) in [7, 11) is 0. The van der Waals surface area contributed by atoms with E-state index in [1.807, 2.05) is 0 Å². The molecule has 0 aliphatic carbocycles. The van der Waals surface area contributed by atoms with Crippen LogP contribution in [-0.2, 0) is 9.59 Å². The number of aliphatic hydroxyl groups is 1. The Morgan fingerprint density at radius 1 is 1.60 bits per heavy atom. The Bertz CT molecular complexity index is 248. The van der Waals surface area contributed by atoms with Gasteiger partial charge in [0.15, 0.2) is 0 Å². The molecule has 1 atom stereocenters. The highest BCUT2D eigenvalue weighted by Gasteiger charge is 2.32. The number of aliphatic hydroxyl groups excluding tert-OH is 1. The molecule has 1 aliphatic heterocycles. The van der Waals surface area contributed by atoms with E-state index in [1.165, 1.54) is 0 Å². The molecule has 1 fully saturated rings. The van der Waals surface area contributed by atoms with Gasteiger partial charge in [0.2, 0.25) is 11.8 Å². The maximum absolute atomic E-state index is 11.4. The summed E-state index contributed by atoms with van der Waals surface area (Å²) in [5, 5.41) is 8.56. The lowest BCUT2D eigenvalue weighted by Crippen LogP contribution is -2.30. The number of hydrogen-bond acceptors (Lipinski definition) is 4. The SMILES string of the molecule is NC(=O)C1CC(=O)N(CCSCCO)C1. The lowest BCUT2D eigenvalue weighted by Gasteiger charge is -2.15. The zero-order valence-corrected chi connectivity index (χ0v) is 9.33. The third kappa shape index (κ3) is 3.71. The first-order valence-electron chi connectivity index (χ1n) is 4.91. The standard InChI is InChI=1S/C9H16N2O3S/c10-9(14)7-5-8(13)11(6-7)1-3-15-4-2-12/h7,12H,1-6H2,(H2,10,14). The van der Waals surface area contributed by atoms with E-state index in [-0.39, 0.29) is 24.9 Å². The van der Waals surface area contributed by atoms with Gasteiger partial charge in [0.25, 0.3) is 0 Å². The van der Waals surface area contributed by atoms with Gasteiger partial charge in [-0.15, -0.1) is 0 Å². The molecule has 6 heteroatoms. The van der Waals surface area contributed by atoms with Gasteiger partial charge in [-0.05, 0) is 0 Å². The van der Waals surface area contributed by atoms with Crippen molar-refractivity contribution in [3.8, 4) is 0 Å².